The van der Waals surface area contributed by atoms with Gasteiger partial charge in [-0.25, -0.2) is 0 Å². The molecule has 0 aromatic heterocycles. The molecule has 3 nitrogen and oxygen atoms in total. The fraction of sp³-hybridized carbons (Fsp3) is 0.533. The van der Waals surface area contributed by atoms with Crippen LogP contribution in [0.3, 0.4) is 0 Å². The van der Waals surface area contributed by atoms with Crippen LogP contribution < -0.4 is 11.1 Å². The van der Waals surface area contributed by atoms with Gasteiger partial charge in [0.1, 0.15) is 0 Å². The van der Waals surface area contributed by atoms with Crippen LogP contribution in [0.25, 0.3) is 0 Å². The van der Waals surface area contributed by atoms with Crippen LogP contribution in [0, 0.1) is 17.2 Å². The Labute approximate surface area is 110 Å². The van der Waals surface area contributed by atoms with Crippen LogP contribution in [0.1, 0.15) is 39.2 Å². The molecule has 0 spiro atoms. The fourth-order valence-corrected chi connectivity index (χ4v) is 1.87. The Bertz CT molecular complexity index is 418. The average Bonchev–Trinajstić information content (AvgIpc) is 2.31. The van der Waals surface area contributed by atoms with Gasteiger partial charge in [-0.1, -0.05) is 13.8 Å². The van der Waals surface area contributed by atoms with Gasteiger partial charge >= 0.3 is 0 Å². The molecule has 0 saturated carbocycles. The minimum atomic E-state index is 0.363. The highest BCUT2D eigenvalue weighted by Gasteiger charge is 2.05. The molecule has 0 aliphatic rings. The van der Waals surface area contributed by atoms with Crippen molar-refractivity contribution in [2.45, 2.75) is 46.1 Å². The summed E-state index contributed by atoms with van der Waals surface area (Å²) in [4.78, 5) is 0. The topological polar surface area (TPSA) is 61.8 Å². The van der Waals surface area contributed by atoms with Crippen molar-refractivity contribution in [1.29, 1.82) is 5.26 Å². The summed E-state index contributed by atoms with van der Waals surface area (Å²) in [6, 6.07) is 8.39. The monoisotopic (exact) mass is 245 g/mol. The third-order valence-corrected chi connectivity index (χ3v) is 3.00. The van der Waals surface area contributed by atoms with E-state index in [1.54, 1.807) is 0 Å². The Morgan fingerprint density at radius 1 is 1.28 bits per heavy atom. The largest absolute Gasteiger partial charge is 0.398 e. The molecule has 1 atom stereocenters. The summed E-state index contributed by atoms with van der Waals surface area (Å²) in [7, 11) is 0. The number of hydrogen-bond donors (Lipinski definition) is 2. The lowest BCUT2D eigenvalue weighted by Crippen LogP contribution is -2.16. The second-order valence-electron chi connectivity index (χ2n) is 5.27. The molecular formula is C15H23N3. The first kappa shape index (κ1) is 14.4. The molecule has 3 N–H and O–H groups in total. The van der Waals surface area contributed by atoms with E-state index in [1.165, 1.54) is 6.42 Å². The van der Waals surface area contributed by atoms with E-state index in [2.05, 4.69) is 32.2 Å². The van der Waals surface area contributed by atoms with Crippen LogP contribution in [0.5, 0.6) is 0 Å². The first-order valence-corrected chi connectivity index (χ1v) is 6.54. The maximum Gasteiger partial charge on any atom is 0.0670 e. The fourth-order valence-electron chi connectivity index (χ4n) is 1.87. The van der Waals surface area contributed by atoms with Crippen molar-refractivity contribution in [2.75, 3.05) is 11.1 Å². The molecule has 0 fully saturated rings. The first-order valence-electron chi connectivity index (χ1n) is 6.54. The number of hydrogen-bond acceptors (Lipinski definition) is 3. The van der Waals surface area contributed by atoms with Gasteiger partial charge in [-0.05, 0) is 49.4 Å². The quantitative estimate of drug-likeness (QED) is 0.753. The minimum absolute atomic E-state index is 0.363. The lowest BCUT2D eigenvalue weighted by atomic mass is 10.0. The zero-order chi connectivity index (χ0) is 13.5. The predicted octanol–water partition coefficient (Wildman–Crippen LogP) is 3.57. The van der Waals surface area contributed by atoms with Gasteiger partial charge in [0.2, 0.25) is 0 Å². The standard InChI is InChI=1S/C15H23N3/c1-11(2)4-5-12(3)18-14-6-7-15(17)13(10-14)8-9-16/h6-7,10-12,18H,4-5,8,17H2,1-3H3. The van der Waals surface area contributed by atoms with E-state index in [9.17, 15) is 0 Å². The normalized spacial score (nSPS) is 12.2. The van der Waals surface area contributed by atoms with Crippen LogP contribution in [0.2, 0.25) is 0 Å². The van der Waals surface area contributed by atoms with Gasteiger partial charge in [-0.2, -0.15) is 5.26 Å². The molecule has 98 valence electrons. The number of anilines is 2. The number of rotatable bonds is 6. The average molecular weight is 245 g/mol. The summed E-state index contributed by atoms with van der Waals surface area (Å²) >= 11 is 0. The van der Waals surface area contributed by atoms with Crippen LogP contribution in [0.15, 0.2) is 18.2 Å². The summed E-state index contributed by atoms with van der Waals surface area (Å²) in [5.41, 5.74) is 8.47. The molecule has 0 amide bonds. The molecule has 18 heavy (non-hydrogen) atoms. The van der Waals surface area contributed by atoms with E-state index in [1.807, 2.05) is 18.2 Å². The van der Waals surface area contributed by atoms with Gasteiger partial charge in [0.25, 0.3) is 0 Å². The highest BCUT2D eigenvalue weighted by atomic mass is 14.9. The highest BCUT2D eigenvalue weighted by Crippen LogP contribution is 2.20. The smallest absolute Gasteiger partial charge is 0.0670 e. The van der Waals surface area contributed by atoms with E-state index in [0.29, 0.717) is 18.2 Å². The summed E-state index contributed by atoms with van der Waals surface area (Å²) in [6.07, 6.45) is 2.73. The Morgan fingerprint density at radius 3 is 2.61 bits per heavy atom. The molecule has 0 aliphatic heterocycles. The van der Waals surface area contributed by atoms with Crippen LogP contribution in [-0.4, -0.2) is 6.04 Å². The van der Waals surface area contributed by atoms with Gasteiger partial charge in [0.05, 0.1) is 12.5 Å². The second-order valence-corrected chi connectivity index (χ2v) is 5.27. The summed E-state index contributed by atoms with van der Waals surface area (Å²) < 4.78 is 0. The molecule has 3 heteroatoms. The first-order chi connectivity index (χ1) is 8.52. The van der Waals surface area contributed by atoms with E-state index in [0.717, 1.165) is 23.6 Å². The third kappa shape index (κ3) is 4.67. The molecule has 0 bridgehead atoms. The van der Waals surface area contributed by atoms with Gasteiger partial charge in [-0.3, -0.25) is 0 Å². The summed E-state index contributed by atoms with van der Waals surface area (Å²) in [5.74, 6) is 0.731. The van der Waals surface area contributed by atoms with Crippen molar-refractivity contribution in [3.8, 4) is 6.07 Å². The zero-order valence-electron chi connectivity index (χ0n) is 11.5. The van der Waals surface area contributed by atoms with Crippen molar-refractivity contribution in [3.05, 3.63) is 23.8 Å². The maximum atomic E-state index is 8.74. The summed E-state index contributed by atoms with van der Waals surface area (Å²) in [5, 5.41) is 12.2. The van der Waals surface area contributed by atoms with Gasteiger partial charge in [0.15, 0.2) is 0 Å². The van der Waals surface area contributed by atoms with Gasteiger partial charge in [-0.15, -0.1) is 0 Å². The van der Waals surface area contributed by atoms with E-state index >= 15 is 0 Å². The molecule has 0 heterocycles. The summed E-state index contributed by atoms with van der Waals surface area (Å²) in [6.45, 7) is 6.66. The van der Waals surface area contributed by atoms with Crippen molar-refractivity contribution in [2.24, 2.45) is 5.92 Å². The Kier molecular flexibility index (Phi) is 5.51. The second kappa shape index (κ2) is 6.90. The molecule has 0 radical (unpaired) electrons. The maximum absolute atomic E-state index is 8.74. The van der Waals surface area contributed by atoms with Crippen LogP contribution in [-0.2, 0) is 6.42 Å². The molecular weight excluding hydrogens is 222 g/mol. The lowest BCUT2D eigenvalue weighted by molar-refractivity contribution is 0.528. The van der Waals surface area contributed by atoms with E-state index < -0.39 is 0 Å². The van der Waals surface area contributed by atoms with Crippen molar-refractivity contribution >= 4 is 11.4 Å². The van der Waals surface area contributed by atoms with Crippen LogP contribution in [0.4, 0.5) is 11.4 Å². The molecule has 0 aliphatic carbocycles. The zero-order valence-corrected chi connectivity index (χ0v) is 11.5. The predicted molar refractivity (Wildman–Crippen MR) is 77.3 cm³/mol. The number of nitrogen functional groups attached to an aromatic ring is 1. The molecule has 1 unspecified atom stereocenters. The van der Waals surface area contributed by atoms with E-state index in [4.69, 9.17) is 11.0 Å². The molecule has 1 rings (SSSR count). The third-order valence-electron chi connectivity index (χ3n) is 3.00. The Hall–Kier alpha value is -1.69. The molecule has 0 saturated heterocycles. The van der Waals surface area contributed by atoms with Crippen molar-refractivity contribution < 1.29 is 0 Å². The van der Waals surface area contributed by atoms with E-state index in [-0.39, 0.29) is 0 Å². The van der Waals surface area contributed by atoms with Gasteiger partial charge < -0.3 is 11.1 Å². The number of nitriles is 1. The molecule has 1 aromatic carbocycles. The van der Waals surface area contributed by atoms with Crippen LogP contribution >= 0.6 is 0 Å². The number of nitrogens with two attached hydrogens (primary N) is 1. The number of nitrogens with zero attached hydrogens (tertiary/aromatic N) is 1. The number of nitrogens with one attached hydrogen (secondary N) is 1. The SMILES string of the molecule is CC(C)CCC(C)Nc1ccc(N)c(CC#N)c1. The van der Waals surface area contributed by atoms with Crippen molar-refractivity contribution in [3.63, 3.8) is 0 Å². The van der Waals surface area contributed by atoms with Gasteiger partial charge in [0, 0.05) is 17.4 Å². The minimum Gasteiger partial charge on any atom is -0.398 e. The molecule has 1 aromatic rings. The number of benzene rings is 1. The Balaban J connectivity index is 2.62. The highest BCUT2D eigenvalue weighted by molar-refractivity contribution is 5.58. The Morgan fingerprint density at radius 2 is 2.00 bits per heavy atom. The van der Waals surface area contributed by atoms with Crippen molar-refractivity contribution in [1.82, 2.24) is 0 Å². The lowest BCUT2D eigenvalue weighted by Gasteiger charge is -2.17.